The maximum Gasteiger partial charge on any atom is 0.248 e. The molecule has 2 aromatic carbocycles. The zero-order valence-electron chi connectivity index (χ0n) is 8.36. The van der Waals surface area contributed by atoms with Crippen molar-refractivity contribution < 1.29 is 0 Å². The molecule has 2 rings (SSSR count). The van der Waals surface area contributed by atoms with Gasteiger partial charge in [0.05, 0.1) is 5.69 Å². The van der Waals surface area contributed by atoms with Gasteiger partial charge >= 0.3 is 0 Å². The van der Waals surface area contributed by atoms with E-state index in [1.165, 1.54) is 6.07 Å². The van der Waals surface area contributed by atoms with Crippen molar-refractivity contribution in [1.82, 2.24) is 0 Å². The SMILES string of the molecule is C[C@@H](Nc1cc(=O)c1=O)c1ccccc1. The average Bonchev–Trinajstić information content (AvgIpc) is 2.29. The van der Waals surface area contributed by atoms with Crippen LogP contribution in [0.3, 0.4) is 0 Å². The summed E-state index contributed by atoms with van der Waals surface area (Å²) in [6.07, 6.45) is 0. The lowest BCUT2D eigenvalue weighted by atomic mass is 10.1. The summed E-state index contributed by atoms with van der Waals surface area (Å²) >= 11 is 0. The fourth-order valence-electron chi connectivity index (χ4n) is 1.48. The fraction of sp³-hybridized carbons (Fsp3) is 0.167. The van der Waals surface area contributed by atoms with Crippen LogP contribution in [-0.2, 0) is 0 Å². The van der Waals surface area contributed by atoms with E-state index in [4.69, 9.17) is 0 Å². The van der Waals surface area contributed by atoms with Gasteiger partial charge in [-0.2, -0.15) is 0 Å². The molecule has 1 atom stereocenters. The maximum atomic E-state index is 11.0. The summed E-state index contributed by atoms with van der Waals surface area (Å²) in [6.45, 7) is 1.95. The molecule has 3 nitrogen and oxygen atoms in total. The van der Waals surface area contributed by atoms with E-state index < -0.39 is 10.9 Å². The van der Waals surface area contributed by atoms with Gasteiger partial charge in [-0.15, -0.1) is 0 Å². The van der Waals surface area contributed by atoms with E-state index in [2.05, 4.69) is 5.32 Å². The van der Waals surface area contributed by atoms with Gasteiger partial charge in [0.1, 0.15) is 0 Å². The van der Waals surface area contributed by atoms with Crippen LogP contribution < -0.4 is 16.2 Å². The number of hydrogen-bond acceptors (Lipinski definition) is 3. The summed E-state index contributed by atoms with van der Waals surface area (Å²) in [5, 5.41) is 3.00. The first-order valence-corrected chi connectivity index (χ1v) is 4.80. The third-order valence-electron chi connectivity index (χ3n) is 2.42. The van der Waals surface area contributed by atoms with Gasteiger partial charge in [0.2, 0.25) is 10.9 Å². The highest BCUT2D eigenvalue weighted by Gasteiger charge is 2.12. The van der Waals surface area contributed by atoms with Gasteiger partial charge in [-0.1, -0.05) is 30.3 Å². The third-order valence-corrected chi connectivity index (χ3v) is 2.42. The maximum absolute atomic E-state index is 11.0. The number of hydrogen-bond donors (Lipinski definition) is 1. The molecular weight excluding hydrogens is 190 g/mol. The van der Waals surface area contributed by atoms with Crippen molar-refractivity contribution in [3.8, 4) is 0 Å². The van der Waals surface area contributed by atoms with Gasteiger partial charge in [0.25, 0.3) is 0 Å². The second-order valence-electron chi connectivity index (χ2n) is 3.53. The number of benzene rings is 1. The van der Waals surface area contributed by atoms with Crippen LogP contribution in [0, 0.1) is 0 Å². The molecule has 0 aliphatic rings. The van der Waals surface area contributed by atoms with E-state index in [0.29, 0.717) is 5.69 Å². The van der Waals surface area contributed by atoms with Crippen LogP contribution in [0.25, 0.3) is 0 Å². The van der Waals surface area contributed by atoms with Crippen molar-refractivity contribution in [1.29, 1.82) is 0 Å². The number of anilines is 1. The van der Waals surface area contributed by atoms with Crippen LogP contribution in [-0.4, -0.2) is 0 Å². The van der Waals surface area contributed by atoms with Gasteiger partial charge in [-0.25, -0.2) is 0 Å². The Morgan fingerprint density at radius 1 is 1.13 bits per heavy atom. The molecule has 0 unspecified atom stereocenters. The van der Waals surface area contributed by atoms with Crippen LogP contribution in [0.2, 0.25) is 0 Å². The predicted octanol–water partition coefficient (Wildman–Crippen LogP) is 1.46. The Hall–Kier alpha value is -1.90. The minimum absolute atomic E-state index is 0.0366. The molecule has 0 saturated carbocycles. The van der Waals surface area contributed by atoms with Gasteiger partial charge in [0.15, 0.2) is 0 Å². The average molecular weight is 201 g/mol. The van der Waals surface area contributed by atoms with Crippen molar-refractivity contribution in [2.45, 2.75) is 13.0 Å². The monoisotopic (exact) mass is 201 g/mol. The van der Waals surface area contributed by atoms with Crippen molar-refractivity contribution in [3.63, 3.8) is 0 Å². The van der Waals surface area contributed by atoms with Crippen molar-refractivity contribution in [3.05, 3.63) is 62.4 Å². The van der Waals surface area contributed by atoms with Crippen LogP contribution in [0.5, 0.6) is 0 Å². The highest BCUT2D eigenvalue weighted by atomic mass is 16.2. The first-order chi connectivity index (χ1) is 7.18. The lowest BCUT2D eigenvalue weighted by Crippen LogP contribution is -2.33. The molecule has 3 heteroatoms. The van der Waals surface area contributed by atoms with E-state index in [-0.39, 0.29) is 6.04 Å². The summed E-state index contributed by atoms with van der Waals surface area (Å²) in [4.78, 5) is 21.7. The Morgan fingerprint density at radius 3 is 2.33 bits per heavy atom. The zero-order chi connectivity index (χ0) is 10.8. The number of rotatable bonds is 3. The minimum Gasteiger partial charge on any atom is -0.375 e. The largest absolute Gasteiger partial charge is 0.375 e. The molecule has 0 fully saturated rings. The molecule has 0 aliphatic heterocycles. The molecule has 0 radical (unpaired) electrons. The van der Waals surface area contributed by atoms with Crippen LogP contribution >= 0.6 is 0 Å². The lowest BCUT2D eigenvalue weighted by molar-refractivity contribution is 0.879. The van der Waals surface area contributed by atoms with Crippen molar-refractivity contribution in [2.24, 2.45) is 0 Å². The molecule has 76 valence electrons. The Kier molecular flexibility index (Phi) is 2.37. The zero-order valence-corrected chi connectivity index (χ0v) is 8.36. The van der Waals surface area contributed by atoms with Crippen LogP contribution in [0.15, 0.2) is 46.0 Å². The summed E-state index contributed by atoms with van der Waals surface area (Å²) in [6, 6.07) is 11.1. The minimum atomic E-state index is -0.419. The quantitative estimate of drug-likeness (QED) is 0.764. The first-order valence-electron chi connectivity index (χ1n) is 4.80. The van der Waals surface area contributed by atoms with E-state index >= 15 is 0 Å². The molecule has 1 N–H and O–H groups in total. The molecule has 0 saturated heterocycles. The second-order valence-corrected chi connectivity index (χ2v) is 3.53. The lowest BCUT2D eigenvalue weighted by Gasteiger charge is -2.15. The highest BCUT2D eigenvalue weighted by Crippen LogP contribution is 2.15. The van der Waals surface area contributed by atoms with Gasteiger partial charge in [0, 0.05) is 12.1 Å². The molecule has 15 heavy (non-hydrogen) atoms. The smallest absolute Gasteiger partial charge is 0.248 e. The molecule has 0 heterocycles. The van der Waals surface area contributed by atoms with E-state index in [0.717, 1.165) is 5.56 Å². The molecule has 0 aliphatic carbocycles. The van der Waals surface area contributed by atoms with E-state index in [1.54, 1.807) is 0 Å². The second kappa shape index (κ2) is 3.69. The summed E-state index contributed by atoms with van der Waals surface area (Å²) in [5.74, 6) is 0. The van der Waals surface area contributed by atoms with E-state index in [9.17, 15) is 9.59 Å². The topological polar surface area (TPSA) is 46.2 Å². The molecule has 0 bridgehead atoms. The first kappa shape index (κ1) is 9.65. The predicted molar refractivity (Wildman–Crippen MR) is 59.8 cm³/mol. The van der Waals surface area contributed by atoms with E-state index in [1.807, 2.05) is 37.3 Å². The Bertz CT molecular complexity index is 524. The van der Waals surface area contributed by atoms with Crippen molar-refractivity contribution in [2.75, 3.05) is 5.32 Å². The Morgan fingerprint density at radius 2 is 1.80 bits per heavy atom. The van der Waals surface area contributed by atoms with Crippen LogP contribution in [0.4, 0.5) is 5.69 Å². The molecule has 0 spiro atoms. The van der Waals surface area contributed by atoms with Gasteiger partial charge in [-0.05, 0) is 12.5 Å². The van der Waals surface area contributed by atoms with Gasteiger partial charge < -0.3 is 5.32 Å². The molecule has 2 aromatic rings. The van der Waals surface area contributed by atoms with Crippen molar-refractivity contribution >= 4 is 5.69 Å². The highest BCUT2D eigenvalue weighted by molar-refractivity contribution is 5.49. The fourth-order valence-corrected chi connectivity index (χ4v) is 1.48. The van der Waals surface area contributed by atoms with Crippen LogP contribution in [0.1, 0.15) is 18.5 Å². The third kappa shape index (κ3) is 1.81. The molecule has 0 aromatic heterocycles. The normalized spacial score (nSPS) is 12.6. The summed E-state index contributed by atoms with van der Waals surface area (Å²) < 4.78 is 0. The molecule has 0 amide bonds. The summed E-state index contributed by atoms with van der Waals surface area (Å²) in [5.41, 5.74) is 0.664. The molecular formula is C12H11NO2. The number of nitrogens with one attached hydrogen (secondary N) is 1. The Labute approximate surface area is 87.1 Å². The van der Waals surface area contributed by atoms with Gasteiger partial charge in [-0.3, -0.25) is 9.59 Å². The Balaban J connectivity index is 2.12. The summed E-state index contributed by atoms with van der Waals surface area (Å²) in [7, 11) is 0. The standard InChI is InChI=1S/C12H11NO2/c1-8(9-5-3-2-4-6-9)13-10-7-11(14)12(10)15/h2-8,13H,1H3/t8-/m1/s1.